The van der Waals surface area contributed by atoms with Crippen LogP contribution in [0.2, 0.25) is 0 Å². The molecule has 1 unspecified atom stereocenters. The fourth-order valence-corrected chi connectivity index (χ4v) is 1.52. The van der Waals surface area contributed by atoms with Crippen molar-refractivity contribution in [1.82, 2.24) is 0 Å². The van der Waals surface area contributed by atoms with E-state index in [9.17, 15) is 0 Å². The average Bonchev–Trinajstić information content (AvgIpc) is 2.27. The van der Waals surface area contributed by atoms with Gasteiger partial charge in [0.2, 0.25) is 0 Å². The lowest BCUT2D eigenvalue weighted by Gasteiger charge is -2.00. The molecule has 17 heavy (non-hydrogen) atoms. The second-order valence-electron chi connectivity index (χ2n) is 4.56. The van der Waals surface area contributed by atoms with Gasteiger partial charge in [-0.3, -0.25) is 0 Å². The van der Waals surface area contributed by atoms with Gasteiger partial charge in [0.15, 0.2) is 0 Å². The van der Waals surface area contributed by atoms with Crippen molar-refractivity contribution >= 4 is 27.9 Å². The molecule has 0 aromatic rings. The van der Waals surface area contributed by atoms with Crippen molar-refractivity contribution in [3.63, 3.8) is 0 Å². The van der Waals surface area contributed by atoms with E-state index in [1.54, 1.807) is 0 Å². The van der Waals surface area contributed by atoms with Gasteiger partial charge in [-0.1, -0.05) is 48.7 Å². The molecular formula is C14H25BrN2. The third-order valence-electron chi connectivity index (χ3n) is 2.46. The topological polar surface area (TPSA) is 24.7 Å². The van der Waals surface area contributed by atoms with Gasteiger partial charge in [0.1, 0.15) is 0 Å². The van der Waals surface area contributed by atoms with E-state index in [4.69, 9.17) is 0 Å². The predicted molar refractivity (Wildman–Crippen MR) is 82.2 cm³/mol. The summed E-state index contributed by atoms with van der Waals surface area (Å²) in [6.07, 6.45) is 9.92. The average molecular weight is 301 g/mol. The van der Waals surface area contributed by atoms with Crippen molar-refractivity contribution in [1.29, 1.82) is 0 Å². The third-order valence-corrected chi connectivity index (χ3v) is 2.79. The monoisotopic (exact) mass is 300 g/mol. The van der Waals surface area contributed by atoms with Crippen LogP contribution in [0.25, 0.3) is 0 Å². The van der Waals surface area contributed by atoms with E-state index in [1.807, 2.05) is 13.1 Å². The Hall–Kier alpha value is -0.440. The Morgan fingerprint density at radius 2 is 2.00 bits per heavy atom. The summed E-state index contributed by atoms with van der Waals surface area (Å²) in [5.41, 5.74) is 1.13. The molecule has 0 spiro atoms. The molecule has 0 saturated carbocycles. The zero-order chi connectivity index (χ0) is 13.1. The second-order valence-corrected chi connectivity index (χ2v) is 5.81. The first-order valence-corrected chi connectivity index (χ1v) is 7.24. The van der Waals surface area contributed by atoms with Crippen LogP contribution in [0.3, 0.4) is 0 Å². The van der Waals surface area contributed by atoms with Crippen molar-refractivity contribution in [3.8, 4) is 0 Å². The first kappa shape index (κ1) is 16.6. The van der Waals surface area contributed by atoms with Gasteiger partial charge >= 0.3 is 0 Å². The van der Waals surface area contributed by atoms with Crippen molar-refractivity contribution < 1.29 is 0 Å². The van der Waals surface area contributed by atoms with E-state index in [0.717, 1.165) is 18.6 Å². The fraction of sp³-hybridized carbons (Fsp3) is 0.714. The summed E-state index contributed by atoms with van der Waals surface area (Å²) in [6, 6.07) is 0. The van der Waals surface area contributed by atoms with E-state index < -0.39 is 0 Å². The zero-order valence-electron chi connectivity index (χ0n) is 11.5. The van der Waals surface area contributed by atoms with Crippen LogP contribution in [0, 0.1) is 5.92 Å². The minimum atomic E-state index is 0.440. The van der Waals surface area contributed by atoms with Crippen LogP contribution >= 0.6 is 15.9 Å². The van der Waals surface area contributed by atoms with Crippen molar-refractivity contribution in [2.75, 3.05) is 0 Å². The third kappa shape index (κ3) is 11.8. The quantitative estimate of drug-likeness (QED) is 0.328. The molecule has 2 nitrogen and oxygen atoms in total. The molecule has 0 aromatic heterocycles. The molecule has 1 atom stereocenters. The van der Waals surface area contributed by atoms with E-state index >= 15 is 0 Å². The number of unbranched alkanes of at least 4 members (excludes halogenated alkanes) is 2. The maximum absolute atomic E-state index is 4.22. The van der Waals surface area contributed by atoms with Crippen molar-refractivity contribution in [3.05, 3.63) is 10.6 Å². The summed E-state index contributed by atoms with van der Waals surface area (Å²) in [5, 5.41) is 8.36. The lowest BCUT2D eigenvalue weighted by atomic mass is 10.1. The number of nitrogens with zero attached hydrogens (tertiary/aromatic N) is 2. The first-order valence-electron chi connectivity index (χ1n) is 6.45. The number of rotatable bonds is 8. The molecule has 0 saturated heterocycles. The van der Waals surface area contributed by atoms with Crippen LogP contribution in [0.5, 0.6) is 0 Å². The summed E-state index contributed by atoms with van der Waals surface area (Å²) in [7, 11) is 0. The number of hydrogen-bond acceptors (Lipinski definition) is 2. The van der Waals surface area contributed by atoms with E-state index in [1.165, 1.54) is 23.7 Å². The van der Waals surface area contributed by atoms with E-state index in [2.05, 4.69) is 53.0 Å². The Morgan fingerprint density at radius 1 is 1.29 bits per heavy atom. The molecular weight excluding hydrogens is 276 g/mol. The van der Waals surface area contributed by atoms with Crippen LogP contribution in [-0.4, -0.2) is 11.9 Å². The highest BCUT2D eigenvalue weighted by molar-refractivity contribution is 9.11. The minimum absolute atomic E-state index is 0.440. The van der Waals surface area contributed by atoms with Gasteiger partial charge in [-0.2, -0.15) is 10.2 Å². The fourth-order valence-electron chi connectivity index (χ4n) is 1.34. The Bertz CT molecular complexity index is 276. The van der Waals surface area contributed by atoms with Gasteiger partial charge in [0.25, 0.3) is 0 Å². The largest absolute Gasteiger partial charge is 0.163 e. The summed E-state index contributed by atoms with van der Waals surface area (Å²) >= 11 is 3.42. The van der Waals surface area contributed by atoms with Crippen molar-refractivity contribution in [2.45, 2.75) is 59.8 Å². The molecule has 98 valence electrons. The summed E-state index contributed by atoms with van der Waals surface area (Å²) in [6.45, 7) is 8.46. The van der Waals surface area contributed by atoms with Crippen LogP contribution in [0.4, 0.5) is 0 Å². The molecule has 0 heterocycles. The molecule has 0 rings (SSSR count). The maximum Gasteiger partial charge on any atom is 0.0374 e. The molecule has 0 radical (unpaired) electrons. The molecule has 0 N–H and O–H groups in total. The van der Waals surface area contributed by atoms with Gasteiger partial charge in [-0.25, -0.2) is 0 Å². The minimum Gasteiger partial charge on any atom is -0.163 e. The van der Waals surface area contributed by atoms with Gasteiger partial charge in [-0.05, 0) is 43.5 Å². The van der Waals surface area contributed by atoms with E-state index in [0.29, 0.717) is 5.92 Å². The zero-order valence-corrected chi connectivity index (χ0v) is 13.1. The molecule has 0 aliphatic heterocycles. The SMILES string of the molecule is CCCCC/C(C)=N/N=C\C(C)CC=C(C)Br. The molecule has 0 aliphatic carbocycles. The van der Waals surface area contributed by atoms with E-state index in [-0.39, 0.29) is 0 Å². The van der Waals surface area contributed by atoms with Crippen LogP contribution in [0.1, 0.15) is 59.8 Å². The van der Waals surface area contributed by atoms with Gasteiger partial charge in [-0.15, -0.1) is 0 Å². The number of hydrogen-bond donors (Lipinski definition) is 0. The molecule has 0 amide bonds. The summed E-state index contributed by atoms with van der Waals surface area (Å²) in [5.74, 6) is 0.440. The van der Waals surface area contributed by atoms with Gasteiger partial charge in [0.05, 0.1) is 0 Å². The highest BCUT2D eigenvalue weighted by Gasteiger charge is 1.95. The molecule has 0 aliphatic rings. The predicted octanol–water partition coefficient (Wildman–Crippen LogP) is 5.34. The molecule has 3 heteroatoms. The summed E-state index contributed by atoms with van der Waals surface area (Å²) < 4.78 is 1.18. The normalized spacial score (nSPS) is 15.6. The van der Waals surface area contributed by atoms with Gasteiger partial charge < -0.3 is 0 Å². The lowest BCUT2D eigenvalue weighted by Crippen LogP contribution is -1.95. The maximum atomic E-state index is 4.22. The Balaban J connectivity index is 3.90. The Morgan fingerprint density at radius 3 is 2.59 bits per heavy atom. The Labute approximate surface area is 114 Å². The first-order chi connectivity index (χ1) is 8.06. The Kier molecular flexibility index (Phi) is 10.4. The lowest BCUT2D eigenvalue weighted by molar-refractivity contribution is 0.739. The number of halogens is 1. The van der Waals surface area contributed by atoms with Gasteiger partial charge in [0, 0.05) is 11.9 Å². The van der Waals surface area contributed by atoms with Crippen LogP contribution < -0.4 is 0 Å². The second kappa shape index (κ2) is 10.7. The van der Waals surface area contributed by atoms with Crippen LogP contribution in [0.15, 0.2) is 20.8 Å². The highest BCUT2D eigenvalue weighted by atomic mass is 79.9. The van der Waals surface area contributed by atoms with Crippen LogP contribution in [-0.2, 0) is 0 Å². The summed E-state index contributed by atoms with van der Waals surface area (Å²) in [4.78, 5) is 0. The smallest absolute Gasteiger partial charge is 0.0374 e. The molecule has 0 aromatic carbocycles. The number of allylic oxidation sites excluding steroid dienone is 2. The van der Waals surface area contributed by atoms with Crippen molar-refractivity contribution in [2.24, 2.45) is 16.1 Å². The molecule has 0 fully saturated rings. The standard InChI is InChI=1S/C14H25BrN2/c1-5-6-7-8-14(4)17-16-11-12(2)9-10-13(3)15/h10-12H,5-9H2,1-4H3/b13-10?,16-11-,17-14+. The molecule has 0 bridgehead atoms. The highest BCUT2D eigenvalue weighted by Crippen LogP contribution is 2.08.